The van der Waals surface area contributed by atoms with Crippen LogP contribution in [0.3, 0.4) is 0 Å². The third kappa shape index (κ3) is 6.04. The number of rotatable bonds is 3. The van der Waals surface area contributed by atoms with Gasteiger partial charge in [0, 0.05) is 5.56 Å². The van der Waals surface area contributed by atoms with Crippen LogP contribution in [0.1, 0.15) is 56.0 Å². The van der Waals surface area contributed by atoms with Crippen LogP contribution in [-0.2, 0) is 4.74 Å². The van der Waals surface area contributed by atoms with Crippen molar-refractivity contribution in [3.05, 3.63) is 35.4 Å². The molecule has 0 bridgehead atoms. The summed E-state index contributed by atoms with van der Waals surface area (Å²) in [4.78, 5) is 12.6. The summed E-state index contributed by atoms with van der Waals surface area (Å²) >= 11 is 0. The monoisotopic (exact) mass is 356 g/mol. The maximum absolute atomic E-state index is 12.6. The van der Waals surface area contributed by atoms with Crippen LogP contribution >= 0.6 is 0 Å². The molecule has 1 aromatic rings. The Morgan fingerprint density at radius 2 is 1.80 bits per heavy atom. The van der Waals surface area contributed by atoms with Gasteiger partial charge in [-0.15, -0.1) is 5.54 Å². The predicted octanol–water partition coefficient (Wildman–Crippen LogP) is 5.53. The molecule has 0 amide bonds. The van der Waals surface area contributed by atoms with Crippen molar-refractivity contribution in [1.82, 2.24) is 0 Å². The summed E-state index contributed by atoms with van der Waals surface area (Å²) in [5, 5.41) is 0. The van der Waals surface area contributed by atoms with E-state index in [9.17, 15) is 4.79 Å². The first-order valence-corrected chi connectivity index (χ1v) is 13.0. The van der Waals surface area contributed by atoms with E-state index in [4.69, 9.17) is 4.74 Å². The highest BCUT2D eigenvalue weighted by atomic mass is 28.3. The lowest BCUT2D eigenvalue weighted by Crippen LogP contribution is -2.35. The smallest absolute Gasteiger partial charge is 0.338 e. The van der Waals surface area contributed by atoms with Crippen molar-refractivity contribution in [3.63, 3.8) is 0 Å². The van der Waals surface area contributed by atoms with E-state index >= 15 is 0 Å². The van der Waals surface area contributed by atoms with Crippen molar-refractivity contribution < 1.29 is 9.53 Å². The van der Waals surface area contributed by atoms with E-state index in [1.165, 1.54) is 6.42 Å². The van der Waals surface area contributed by atoms with Gasteiger partial charge in [-0.1, -0.05) is 52.8 Å². The molecule has 3 heteroatoms. The summed E-state index contributed by atoms with van der Waals surface area (Å²) in [5.41, 5.74) is 4.94. The van der Waals surface area contributed by atoms with Gasteiger partial charge in [0.15, 0.2) is 0 Å². The number of esters is 1. The van der Waals surface area contributed by atoms with Gasteiger partial charge < -0.3 is 4.74 Å². The van der Waals surface area contributed by atoms with Crippen LogP contribution in [0.2, 0.25) is 19.6 Å². The van der Waals surface area contributed by atoms with E-state index in [1.807, 2.05) is 24.3 Å². The first kappa shape index (κ1) is 19.8. The van der Waals surface area contributed by atoms with Crippen LogP contribution in [0.15, 0.2) is 24.3 Å². The fraction of sp³-hybridized carbons (Fsp3) is 0.591. The average Bonchev–Trinajstić information content (AvgIpc) is 2.52. The molecule has 0 heterocycles. The zero-order valence-corrected chi connectivity index (χ0v) is 17.6. The van der Waals surface area contributed by atoms with E-state index in [1.54, 1.807) is 0 Å². The van der Waals surface area contributed by atoms with Crippen LogP contribution in [0, 0.1) is 29.2 Å². The van der Waals surface area contributed by atoms with Crippen molar-refractivity contribution in [2.45, 2.75) is 65.8 Å². The van der Waals surface area contributed by atoms with Crippen molar-refractivity contribution in [1.29, 1.82) is 0 Å². The van der Waals surface area contributed by atoms with Crippen molar-refractivity contribution in [3.8, 4) is 11.5 Å². The summed E-state index contributed by atoms with van der Waals surface area (Å²) in [6.45, 7) is 13.4. The van der Waals surface area contributed by atoms with Crippen molar-refractivity contribution in [2.75, 3.05) is 0 Å². The Balaban J connectivity index is 2.05. The topological polar surface area (TPSA) is 26.3 Å². The average molecular weight is 357 g/mol. The summed E-state index contributed by atoms with van der Waals surface area (Å²) in [6.07, 6.45) is 3.42. The fourth-order valence-corrected chi connectivity index (χ4v) is 3.92. The standard InChI is InChI=1S/C22H32O2Si/c1-16(2)20-12-7-17(3)15-21(20)24-22(23)19-10-8-18(9-11-19)13-14-25(4,5)6/h8-11,16-17,20-21H,7,12,15H2,1-6H3. The quantitative estimate of drug-likeness (QED) is 0.404. The van der Waals surface area contributed by atoms with Gasteiger partial charge >= 0.3 is 5.97 Å². The molecule has 1 aliphatic carbocycles. The second kappa shape index (κ2) is 8.23. The molecule has 0 spiro atoms. The molecule has 0 radical (unpaired) electrons. The summed E-state index contributed by atoms with van der Waals surface area (Å²) in [5.74, 6) is 4.67. The first-order valence-electron chi connectivity index (χ1n) is 9.50. The maximum atomic E-state index is 12.6. The Morgan fingerprint density at radius 1 is 1.16 bits per heavy atom. The highest BCUT2D eigenvalue weighted by Gasteiger charge is 2.33. The number of carbonyl (C=O) groups excluding carboxylic acids is 1. The summed E-state index contributed by atoms with van der Waals surface area (Å²) < 4.78 is 5.91. The molecule has 1 aromatic carbocycles. The molecule has 0 saturated heterocycles. The van der Waals surface area contributed by atoms with Gasteiger partial charge in [-0.3, -0.25) is 0 Å². The number of hydrogen-bond donors (Lipinski definition) is 0. The minimum absolute atomic E-state index is 0.0441. The van der Waals surface area contributed by atoms with Gasteiger partial charge in [-0.2, -0.15) is 0 Å². The Hall–Kier alpha value is -1.53. The molecule has 0 N–H and O–H groups in total. The van der Waals surface area contributed by atoms with Gasteiger partial charge in [-0.05, 0) is 54.9 Å². The zero-order chi connectivity index (χ0) is 18.6. The molecule has 1 saturated carbocycles. The van der Waals surface area contributed by atoms with Crippen LogP contribution in [0.25, 0.3) is 0 Å². The van der Waals surface area contributed by atoms with E-state index < -0.39 is 8.07 Å². The van der Waals surface area contributed by atoms with E-state index in [0.29, 0.717) is 23.3 Å². The second-order valence-corrected chi connectivity index (χ2v) is 13.6. The Kier molecular flexibility index (Phi) is 6.51. The van der Waals surface area contributed by atoms with E-state index in [0.717, 1.165) is 18.4 Å². The van der Waals surface area contributed by atoms with Crippen molar-refractivity contribution >= 4 is 14.0 Å². The van der Waals surface area contributed by atoms with Gasteiger partial charge in [-0.25, -0.2) is 4.79 Å². The molecular weight excluding hydrogens is 324 g/mol. The molecule has 3 unspecified atom stereocenters. The van der Waals surface area contributed by atoms with Crippen LogP contribution in [0.4, 0.5) is 0 Å². The third-order valence-corrected chi connectivity index (χ3v) is 5.80. The molecule has 25 heavy (non-hydrogen) atoms. The zero-order valence-electron chi connectivity index (χ0n) is 16.6. The molecule has 2 rings (SSSR count). The Labute approximate surface area is 154 Å². The number of carbonyl (C=O) groups is 1. The molecule has 3 atom stereocenters. The number of ether oxygens (including phenoxy) is 1. The molecule has 0 aliphatic heterocycles. The summed E-state index contributed by atoms with van der Waals surface area (Å²) in [6, 6.07) is 7.53. The minimum atomic E-state index is -1.38. The van der Waals surface area contributed by atoms with Crippen LogP contribution in [0.5, 0.6) is 0 Å². The van der Waals surface area contributed by atoms with Gasteiger partial charge in [0.2, 0.25) is 0 Å². The highest BCUT2D eigenvalue weighted by molar-refractivity contribution is 6.83. The predicted molar refractivity (Wildman–Crippen MR) is 107 cm³/mol. The molecule has 2 nitrogen and oxygen atoms in total. The lowest BCUT2D eigenvalue weighted by molar-refractivity contribution is -0.0174. The Bertz CT molecular complexity index is 643. The highest BCUT2D eigenvalue weighted by Crippen LogP contribution is 2.35. The lowest BCUT2D eigenvalue weighted by Gasteiger charge is -2.36. The largest absolute Gasteiger partial charge is 0.458 e. The SMILES string of the molecule is CC1CCC(C(C)C)C(OC(=O)c2ccc(C#C[Si](C)(C)C)cc2)C1. The van der Waals surface area contributed by atoms with Crippen LogP contribution in [-0.4, -0.2) is 20.1 Å². The Morgan fingerprint density at radius 3 is 2.36 bits per heavy atom. The van der Waals surface area contributed by atoms with E-state index in [2.05, 4.69) is 51.9 Å². The van der Waals surface area contributed by atoms with E-state index in [-0.39, 0.29) is 12.1 Å². The molecule has 1 aliphatic rings. The summed E-state index contributed by atoms with van der Waals surface area (Å²) in [7, 11) is -1.38. The molecule has 136 valence electrons. The minimum Gasteiger partial charge on any atom is -0.458 e. The van der Waals surface area contributed by atoms with Gasteiger partial charge in [0.25, 0.3) is 0 Å². The molecule has 1 fully saturated rings. The second-order valence-electron chi connectivity index (χ2n) is 8.85. The molecule has 0 aromatic heterocycles. The fourth-order valence-electron chi connectivity index (χ4n) is 3.41. The van der Waals surface area contributed by atoms with Gasteiger partial charge in [0.05, 0.1) is 5.56 Å². The number of benzene rings is 1. The normalized spacial score (nSPS) is 23.7. The third-order valence-electron chi connectivity index (χ3n) is 4.92. The van der Waals surface area contributed by atoms with Gasteiger partial charge in [0.1, 0.15) is 14.2 Å². The van der Waals surface area contributed by atoms with Crippen LogP contribution < -0.4 is 0 Å². The lowest BCUT2D eigenvalue weighted by atomic mass is 9.75. The molecular formula is C22H32O2Si. The number of hydrogen-bond acceptors (Lipinski definition) is 2. The first-order chi connectivity index (χ1) is 11.7. The van der Waals surface area contributed by atoms with Crippen molar-refractivity contribution in [2.24, 2.45) is 17.8 Å². The maximum Gasteiger partial charge on any atom is 0.338 e.